The third-order valence-corrected chi connectivity index (χ3v) is 5.49. The molecule has 0 aliphatic heterocycles. The van der Waals surface area contributed by atoms with Crippen LogP contribution in [0.3, 0.4) is 0 Å². The molecule has 9 heteroatoms. The van der Waals surface area contributed by atoms with Crippen molar-refractivity contribution in [3.05, 3.63) is 71.7 Å². The summed E-state index contributed by atoms with van der Waals surface area (Å²) in [6, 6.07) is 9.53. The first-order valence-corrected chi connectivity index (χ1v) is 10.8. The van der Waals surface area contributed by atoms with Crippen LogP contribution in [0.25, 0.3) is 5.69 Å². The molecule has 1 aromatic carbocycles. The number of pyridine rings is 1. The average molecular weight is 460 g/mol. The van der Waals surface area contributed by atoms with Crippen molar-refractivity contribution in [1.29, 1.82) is 0 Å². The summed E-state index contributed by atoms with van der Waals surface area (Å²) >= 11 is 0. The minimum Gasteiger partial charge on any atom is -0.368 e. The van der Waals surface area contributed by atoms with Gasteiger partial charge in [0.15, 0.2) is 0 Å². The molecule has 0 bridgehead atoms. The van der Waals surface area contributed by atoms with Crippen molar-refractivity contribution in [3.63, 3.8) is 0 Å². The summed E-state index contributed by atoms with van der Waals surface area (Å²) in [6.45, 7) is 8.67. The first-order chi connectivity index (χ1) is 15.6. The van der Waals surface area contributed by atoms with Gasteiger partial charge < -0.3 is 10.2 Å². The van der Waals surface area contributed by atoms with Gasteiger partial charge >= 0.3 is 6.18 Å². The zero-order valence-corrected chi connectivity index (χ0v) is 19.1. The number of benzene rings is 1. The van der Waals surface area contributed by atoms with Crippen molar-refractivity contribution in [3.8, 4) is 5.69 Å². The van der Waals surface area contributed by atoms with Crippen LogP contribution in [-0.2, 0) is 6.18 Å². The van der Waals surface area contributed by atoms with E-state index in [4.69, 9.17) is 0 Å². The number of carbonyl (C=O) groups excluding carboxylic acids is 1. The van der Waals surface area contributed by atoms with Crippen molar-refractivity contribution >= 4 is 11.7 Å². The van der Waals surface area contributed by atoms with Gasteiger partial charge in [0.25, 0.3) is 5.91 Å². The summed E-state index contributed by atoms with van der Waals surface area (Å²) < 4.78 is 40.0. The predicted octanol–water partition coefficient (Wildman–Crippen LogP) is 5.19. The Balaban J connectivity index is 1.84. The van der Waals surface area contributed by atoms with Crippen molar-refractivity contribution in [1.82, 2.24) is 19.7 Å². The normalized spacial score (nSPS) is 12.6. The van der Waals surface area contributed by atoms with Crippen LogP contribution in [0.15, 0.2) is 55.0 Å². The van der Waals surface area contributed by atoms with Crippen molar-refractivity contribution in [2.75, 3.05) is 18.4 Å². The van der Waals surface area contributed by atoms with Gasteiger partial charge in [-0.05, 0) is 50.1 Å². The van der Waals surface area contributed by atoms with Crippen LogP contribution in [-0.4, -0.2) is 44.7 Å². The molecule has 0 aliphatic carbocycles. The van der Waals surface area contributed by atoms with E-state index in [0.717, 1.165) is 17.8 Å². The highest BCUT2D eigenvalue weighted by atomic mass is 19.4. The molecule has 0 saturated heterocycles. The fraction of sp³-hybridized carbons (Fsp3) is 0.375. The number of nitrogens with one attached hydrogen (secondary N) is 1. The fourth-order valence-electron chi connectivity index (χ4n) is 3.70. The Bertz CT molecular complexity index is 1060. The number of amides is 1. The number of alkyl halides is 3. The van der Waals surface area contributed by atoms with Crippen molar-refractivity contribution < 1.29 is 18.0 Å². The molecule has 3 aromatic rings. The second kappa shape index (κ2) is 10.1. The number of hydrogen-bond acceptors (Lipinski definition) is 4. The van der Waals surface area contributed by atoms with E-state index in [1.807, 2.05) is 45.9 Å². The molecule has 1 amide bonds. The molecule has 2 aromatic heterocycles. The van der Waals surface area contributed by atoms with E-state index in [1.165, 1.54) is 6.07 Å². The third kappa shape index (κ3) is 5.71. The minimum absolute atomic E-state index is 0.0915. The average Bonchev–Trinajstić information content (AvgIpc) is 3.30. The van der Waals surface area contributed by atoms with Gasteiger partial charge in [-0.1, -0.05) is 25.5 Å². The maximum Gasteiger partial charge on any atom is 0.417 e. The molecule has 0 spiro atoms. The second-order valence-electron chi connectivity index (χ2n) is 8.18. The van der Waals surface area contributed by atoms with E-state index in [9.17, 15) is 18.0 Å². The minimum atomic E-state index is -4.43. The van der Waals surface area contributed by atoms with Gasteiger partial charge in [0.1, 0.15) is 5.82 Å². The maximum absolute atomic E-state index is 13.7. The van der Waals surface area contributed by atoms with Gasteiger partial charge in [-0.3, -0.25) is 4.79 Å². The fourth-order valence-corrected chi connectivity index (χ4v) is 3.70. The monoisotopic (exact) mass is 459 g/mol. The first-order valence-electron chi connectivity index (χ1n) is 10.8. The summed E-state index contributed by atoms with van der Waals surface area (Å²) in [5.74, 6) is 0.284. The van der Waals surface area contributed by atoms with Crippen LogP contribution >= 0.6 is 0 Å². The van der Waals surface area contributed by atoms with Gasteiger partial charge in [0.2, 0.25) is 0 Å². The van der Waals surface area contributed by atoms with Gasteiger partial charge in [0.05, 0.1) is 22.9 Å². The molecule has 33 heavy (non-hydrogen) atoms. The van der Waals surface area contributed by atoms with E-state index in [2.05, 4.69) is 15.4 Å². The molecule has 3 rings (SSSR count). The summed E-state index contributed by atoms with van der Waals surface area (Å²) in [7, 11) is 0. The number of carbonyl (C=O) groups is 1. The number of rotatable bonds is 8. The molecule has 1 unspecified atom stereocenters. The van der Waals surface area contributed by atoms with Crippen LogP contribution < -0.4 is 5.32 Å². The van der Waals surface area contributed by atoms with Gasteiger partial charge in [-0.15, -0.1) is 0 Å². The van der Waals surface area contributed by atoms with Crippen LogP contribution in [0.5, 0.6) is 0 Å². The van der Waals surface area contributed by atoms with Gasteiger partial charge in [0, 0.05) is 31.7 Å². The largest absolute Gasteiger partial charge is 0.417 e. The third-order valence-electron chi connectivity index (χ3n) is 5.49. The second-order valence-corrected chi connectivity index (χ2v) is 8.18. The lowest BCUT2D eigenvalue weighted by Gasteiger charge is -2.34. The topological polar surface area (TPSA) is 63.1 Å². The van der Waals surface area contributed by atoms with Crippen molar-refractivity contribution in [2.45, 2.75) is 39.9 Å². The number of aryl methyl sites for hydroxylation is 1. The zero-order valence-electron chi connectivity index (χ0n) is 19.1. The number of likely N-dealkylation sites (N-methyl/N-ethyl adjacent to an activating group) is 1. The number of anilines is 1. The predicted molar refractivity (Wildman–Crippen MR) is 121 cm³/mol. The molecule has 176 valence electrons. The zero-order chi connectivity index (χ0) is 24.2. The van der Waals surface area contributed by atoms with Crippen LogP contribution in [0.1, 0.15) is 42.3 Å². The molecule has 0 aliphatic rings. The lowest BCUT2D eigenvalue weighted by Crippen LogP contribution is -2.47. The highest BCUT2D eigenvalue weighted by Crippen LogP contribution is 2.29. The van der Waals surface area contributed by atoms with Gasteiger partial charge in [-0.25, -0.2) is 9.67 Å². The van der Waals surface area contributed by atoms with E-state index in [-0.39, 0.29) is 17.9 Å². The molecule has 1 atom stereocenters. The summed E-state index contributed by atoms with van der Waals surface area (Å²) in [5.41, 5.74) is 1.38. The van der Waals surface area contributed by atoms with Crippen LogP contribution in [0, 0.1) is 12.8 Å². The SMILES string of the molecule is CCN(C(=O)c1cc(C)ccc1-n1cccn1)C(CNc1ccc(C(F)(F)F)cn1)C(C)C. The van der Waals surface area contributed by atoms with Crippen molar-refractivity contribution in [2.24, 2.45) is 5.92 Å². The Hall–Kier alpha value is -3.36. The number of aromatic nitrogens is 3. The molecule has 0 saturated carbocycles. The van der Waals surface area contributed by atoms with Crippen LogP contribution in [0.4, 0.5) is 19.0 Å². The standard InChI is InChI=1S/C24H28F3N5O/c1-5-31(23(33)19-13-17(4)7-9-20(19)32-12-6-11-30-32)21(16(2)3)15-29-22-10-8-18(14-28-22)24(25,26)27/h6-14,16,21H,5,15H2,1-4H3,(H,28,29). The molecule has 1 N–H and O–H groups in total. The molecular formula is C24H28F3N5O. The van der Waals surface area contributed by atoms with Gasteiger partial charge in [-0.2, -0.15) is 18.3 Å². The Kier molecular flexibility index (Phi) is 7.40. The number of halogens is 3. The lowest BCUT2D eigenvalue weighted by molar-refractivity contribution is -0.137. The molecule has 6 nitrogen and oxygen atoms in total. The van der Waals surface area contributed by atoms with Crippen LogP contribution in [0.2, 0.25) is 0 Å². The molecular weight excluding hydrogens is 431 g/mol. The number of nitrogens with zero attached hydrogens (tertiary/aromatic N) is 4. The number of hydrogen-bond donors (Lipinski definition) is 1. The summed E-state index contributed by atoms with van der Waals surface area (Å²) in [6.07, 6.45) is -0.185. The van der Waals surface area contributed by atoms with E-state index < -0.39 is 11.7 Å². The van der Waals surface area contributed by atoms with E-state index in [0.29, 0.717) is 30.2 Å². The smallest absolute Gasteiger partial charge is 0.368 e. The highest BCUT2D eigenvalue weighted by molar-refractivity contribution is 5.98. The molecule has 0 radical (unpaired) electrons. The Morgan fingerprint density at radius 1 is 1.21 bits per heavy atom. The quantitative estimate of drug-likeness (QED) is 0.503. The maximum atomic E-state index is 13.7. The van der Waals surface area contributed by atoms with E-state index >= 15 is 0 Å². The molecule has 2 heterocycles. The molecule has 0 fully saturated rings. The summed E-state index contributed by atoms with van der Waals surface area (Å²) in [4.78, 5) is 19.3. The summed E-state index contributed by atoms with van der Waals surface area (Å²) in [5, 5.41) is 7.36. The highest BCUT2D eigenvalue weighted by Gasteiger charge is 2.31. The Morgan fingerprint density at radius 3 is 2.52 bits per heavy atom. The first kappa shape index (κ1) is 24.3. The van der Waals surface area contributed by atoms with E-state index in [1.54, 1.807) is 28.0 Å². The lowest BCUT2D eigenvalue weighted by atomic mass is 10.00. The Labute approximate surface area is 191 Å². The Morgan fingerprint density at radius 2 is 1.97 bits per heavy atom.